The van der Waals surface area contributed by atoms with Gasteiger partial charge >= 0.3 is 0 Å². The number of aromatic nitrogens is 1. The summed E-state index contributed by atoms with van der Waals surface area (Å²) in [5, 5.41) is 7.11. The Bertz CT molecular complexity index is 956. The van der Waals surface area contributed by atoms with Crippen LogP contribution in [-0.2, 0) is 13.0 Å². The van der Waals surface area contributed by atoms with Gasteiger partial charge in [0.1, 0.15) is 18.1 Å². The molecule has 5 heteroatoms. The van der Waals surface area contributed by atoms with E-state index >= 15 is 0 Å². The number of carbonyl (C=O) groups excluding carboxylic acids is 1. The van der Waals surface area contributed by atoms with Crippen molar-refractivity contribution in [2.45, 2.75) is 45.8 Å². The summed E-state index contributed by atoms with van der Waals surface area (Å²) in [4.78, 5) is 12.7. The van der Waals surface area contributed by atoms with Gasteiger partial charge in [-0.25, -0.2) is 0 Å². The van der Waals surface area contributed by atoms with Gasteiger partial charge in [0.2, 0.25) is 0 Å². The molecule has 0 radical (unpaired) electrons. The van der Waals surface area contributed by atoms with E-state index in [1.807, 2.05) is 32.0 Å². The fourth-order valence-electron chi connectivity index (χ4n) is 3.71. The highest BCUT2D eigenvalue weighted by Crippen LogP contribution is 2.29. The highest BCUT2D eigenvalue weighted by atomic mass is 16.5. The number of hydrogen-bond acceptors (Lipinski definition) is 4. The Kier molecular flexibility index (Phi) is 5.15. The van der Waals surface area contributed by atoms with Crippen LogP contribution < -0.4 is 10.1 Å². The van der Waals surface area contributed by atoms with Gasteiger partial charge in [-0.05, 0) is 68.5 Å². The van der Waals surface area contributed by atoms with Crippen LogP contribution in [-0.4, -0.2) is 11.1 Å². The molecule has 0 aliphatic heterocycles. The second kappa shape index (κ2) is 7.89. The number of hydrogen-bond donors (Lipinski definition) is 1. The maximum Gasteiger partial charge on any atom is 0.251 e. The van der Waals surface area contributed by atoms with Gasteiger partial charge in [0, 0.05) is 5.56 Å². The first-order chi connectivity index (χ1) is 13.6. The first kappa shape index (κ1) is 18.3. The Balaban J connectivity index is 1.39. The van der Waals surface area contributed by atoms with Crippen molar-refractivity contribution in [3.05, 3.63) is 82.2 Å². The molecule has 0 saturated heterocycles. The highest BCUT2D eigenvalue weighted by Gasteiger charge is 2.21. The van der Waals surface area contributed by atoms with E-state index in [-0.39, 0.29) is 11.9 Å². The second-order valence-corrected chi connectivity index (χ2v) is 7.23. The highest BCUT2D eigenvalue weighted by molar-refractivity contribution is 5.94. The Morgan fingerprint density at radius 2 is 1.96 bits per heavy atom. The summed E-state index contributed by atoms with van der Waals surface area (Å²) < 4.78 is 11.0. The molecule has 1 aromatic heterocycles. The number of fused-ring (bicyclic) bond motifs is 1. The van der Waals surface area contributed by atoms with Crippen LogP contribution in [0.1, 0.15) is 57.4 Å². The fraction of sp³-hybridized carbons (Fsp3) is 0.304. The SMILES string of the molecule is Cc1noc(C)c1COc1ccc(C(=O)N[C@H]2CCCc3ccccc32)cc1. The topological polar surface area (TPSA) is 64.4 Å². The number of rotatable bonds is 5. The molecule has 0 spiro atoms. The van der Waals surface area contributed by atoms with Crippen molar-refractivity contribution < 1.29 is 14.1 Å². The van der Waals surface area contributed by atoms with Crippen LogP contribution in [0.5, 0.6) is 5.75 Å². The summed E-state index contributed by atoms with van der Waals surface area (Å²) in [5.74, 6) is 1.42. The molecular weight excluding hydrogens is 352 g/mol. The summed E-state index contributed by atoms with van der Waals surface area (Å²) in [6.45, 7) is 4.16. The van der Waals surface area contributed by atoms with Crippen molar-refractivity contribution in [1.29, 1.82) is 0 Å². The quantitative estimate of drug-likeness (QED) is 0.702. The van der Waals surface area contributed by atoms with Crippen LogP contribution in [0.15, 0.2) is 53.1 Å². The molecule has 1 amide bonds. The van der Waals surface area contributed by atoms with E-state index in [4.69, 9.17) is 9.26 Å². The third-order valence-corrected chi connectivity index (χ3v) is 5.36. The molecule has 5 nitrogen and oxygen atoms in total. The van der Waals surface area contributed by atoms with Crippen LogP contribution in [0, 0.1) is 13.8 Å². The first-order valence-corrected chi connectivity index (χ1v) is 9.65. The Morgan fingerprint density at radius 3 is 2.71 bits per heavy atom. The van der Waals surface area contributed by atoms with Gasteiger partial charge in [0.15, 0.2) is 0 Å². The fourth-order valence-corrected chi connectivity index (χ4v) is 3.71. The number of ether oxygens (including phenoxy) is 1. The van der Waals surface area contributed by atoms with Crippen LogP contribution in [0.3, 0.4) is 0 Å². The lowest BCUT2D eigenvalue weighted by molar-refractivity contribution is 0.0932. The number of benzene rings is 2. The number of nitrogens with zero attached hydrogens (tertiary/aromatic N) is 1. The predicted molar refractivity (Wildman–Crippen MR) is 106 cm³/mol. The zero-order valence-corrected chi connectivity index (χ0v) is 16.2. The summed E-state index contributed by atoms with van der Waals surface area (Å²) in [6, 6.07) is 15.7. The van der Waals surface area contributed by atoms with Gasteiger partial charge in [-0.1, -0.05) is 29.4 Å². The van der Waals surface area contributed by atoms with Gasteiger partial charge in [-0.3, -0.25) is 4.79 Å². The first-order valence-electron chi connectivity index (χ1n) is 9.65. The largest absolute Gasteiger partial charge is 0.489 e. The Morgan fingerprint density at radius 1 is 1.18 bits per heavy atom. The lowest BCUT2D eigenvalue weighted by atomic mass is 9.87. The zero-order valence-electron chi connectivity index (χ0n) is 16.2. The normalized spacial score (nSPS) is 15.7. The number of nitrogens with one attached hydrogen (secondary N) is 1. The van der Waals surface area contributed by atoms with E-state index < -0.39 is 0 Å². The molecule has 0 saturated carbocycles. The van der Waals surface area contributed by atoms with E-state index in [0.29, 0.717) is 17.9 Å². The smallest absolute Gasteiger partial charge is 0.251 e. The number of aryl methyl sites for hydroxylation is 3. The van der Waals surface area contributed by atoms with E-state index in [2.05, 4.69) is 28.7 Å². The Hall–Kier alpha value is -3.08. The van der Waals surface area contributed by atoms with Gasteiger partial charge < -0.3 is 14.6 Å². The lowest BCUT2D eigenvalue weighted by Crippen LogP contribution is -2.30. The van der Waals surface area contributed by atoms with Crippen LogP contribution in [0.25, 0.3) is 0 Å². The molecule has 1 aliphatic rings. The summed E-state index contributed by atoms with van der Waals surface area (Å²) in [5.41, 5.74) is 5.00. The van der Waals surface area contributed by atoms with Crippen molar-refractivity contribution >= 4 is 5.91 Å². The van der Waals surface area contributed by atoms with Crippen LogP contribution in [0.4, 0.5) is 0 Å². The molecule has 0 unspecified atom stereocenters. The van der Waals surface area contributed by atoms with Gasteiger partial charge in [0.05, 0.1) is 17.3 Å². The van der Waals surface area contributed by atoms with Crippen molar-refractivity contribution in [3.63, 3.8) is 0 Å². The summed E-state index contributed by atoms with van der Waals surface area (Å²) in [7, 11) is 0. The third-order valence-electron chi connectivity index (χ3n) is 5.36. The van der Waals surface area contributed by atoms with Crippen molar-refractivity contribution in [1.82, 2.24) is 10.5 Å². The zero-order chi connectivity index (χ0) is 19.5. The maximum atomic E-state index is 12.7. The summed E-state index contributed by atoms with van der Waals surface area (Å²) >= 11 is 0. The average molecular weight is 376 g/mol. The molecule has 0 bridgehead atoms. The molecule has 144 valence electrons. The van der Waals surface area contributed by atoms with E-state index in [1.165, 1.54) is 11.1 Å². The standard InChI is InChI=1S/C23H24N2O3/c1-15-21(16(2)28-25-15)14-27-19-12-10-18(11-13-19)23(26)24-22-9-5-7-17-6-3-4-8-20(17)22/h3-4,6,8,10-13,22H,5,7,9,14H2,1-2H3,(H,24,26)/t22-/m0/s1. The maximum absolute atomic E-state index is 12.7. The molecule has 3 aromatic rings. The molecule has 1 N–H and O–H groups in total. The lowest BCUT2D eigenvalue weighted by Gasteiger charge is -2.26. The number of carbonyl (C=O) groups is 1. The molecule has 1 aliphatic carbocycles. The molecule has 1 atom stereocenters. The summed E-state index contributed by atoms with van der Waals surface area (Å²) in [6.07, 6.45) is 3.15. The minimum atomic E-state index is -0.0565. The average Bonchev–Trinajstić information content (AvgIpc) is 3.04. The van der Waals surface area contributed by atoms with E-state index in [0.717, 1.165) is 36.3 Å². The van der Waals surface area contributed by atoms with Crippen molar-refractivity contribution in [2.75, 3.05) is 0 Å². The molecule has 2 aromatic carbocycles. The molecule has 4 rings (SSSR count). The van der Waals surface area contributed by atoms with E-state index in [9.17, 15) is 4.79 Å². The predicted octanol–water partition coefficient (Wildman–Crippen LogP) is 4.68. The van der Waals surface area contributed by atoms with Crippen molar-refractivity contribution in [3.8, 4) is 5.75 Å². The molecular formula is C23H24N2O3. The van der Waals surface area contributed by atoms with Gasteiger partial charge in [-0.15, -0.1) is 0 Å². The van der Waals surface area contributed by atoms with E-state index in [1.54, 1.807) is 12.1 Å². The minimum Gasteiger partial charge on any atom is -0.489 e. The monoisotopic (exact) mass is 376 g/mol. The third kappa shape index (κ3) is 3.79. The molecule has 1 heterocycles. The van der Waals surface area contributed by atoms with Crippen molar-refractivity contribution in [2.24, 2.45) is 0 Å². The Labute approximate surface area is 164 Å². The van der Waals surface area contributed by atoms with Gasteiger partial charge in [0.25, 0.3) is 5.91 Å². The second-order valence-electron chi connectivity index (χ2n) is 7.23. The molecule has 28 heavy (non-hydrogen) atoms. The minimum absolute atomic E-state index is 0.0565. The number of amides is 1. The van der Waals surface area contributed by atoms with Crippen LogP contribution >= 0.6 is 0 Å². The van der Waals surface area contributed by atoms with Crippen LogP contribution in [0.2, 0.25) is 0 Å². The van der Waals surface area contributed by atoms with Gasteiger partial charge in [-0.2, -0.15) is 0 Å². The molecule has 0 fully saturated rings.